The van der Waals surface area contributed by atoms with E-state index in [1.54, 1.807) is 40.0 Å². The Morgan fingerprint density at radius 3 is 2.09 bits per heavy atom. The van der Waals surface area contributed by atoms with Crippen LogP contribution in [-0.2, 0) is 27.3 Å². The SMILES string of the molecule is CCC1CCC(C2CC=C(c3cnc(-c4ccc(CN(CC(=O)OC(C)(C)C)C(=O)c5cnc(NC(=O)Cc6ccc(OC)cc6)cn5)cc4)nc3)CC2)CC1. The maximum atomic E-state index is 13.7. The van der Waals surface area contributed by atoms with Gasteiger partial charge in [-0.2, -0.15) is 0 Å². The molecule has 1 fully saturated rings. The summed E-state index contributed by atoms with van der Waals surface area (Å²) in [6.07, 6.45) is 19.4. The Morgan fingerprint density at radius 2 is 1.50 bits per heavy atom. The van der Waals surface area contributed by atoms with Crippen molar-refractivity contribution in [3.05, 3.63) is 102 Å². The first-order chi connectivity index (χ1) is 27.0. The number of nitrogens with zero attached hydrogens (tertiary/aromatic N) is 5. The topological polar surface area (TPSA) is 136 Å². The van der Waals surface area contributed by atoms with E-state index >= 15 is 0 Å². The van der Waals surface area contributed by atoms with Crippen molar-refractivity contribution >= 4 is 29.2 Å². The molecule has 6 rings (SSSR count). The highest BCUT2D eigenvalue weighted by atomic mass is 16.6. The van der Waals surface area contributed by atoms with E-state index in [1.807, 2.05) is 48.8 Å². The molecule has 1 atom stereocenters. The van der Waals surface area contributed by atoms with E-state index in [2.05, 4.69) is 28.3 Å². The number of hydrogen-bond donors (Lipinski definition) is 1. The van der Waals surface area contributed by atoms with Gasteiger partial charge in [0.2, 0.25) is 5.91 Å². The average Bonchev–Trinajstić information content (AvgIpc) is 3.20. The zero-order valence-electron chi connectivity index (χ0n) is 33.3. The summed E-state index contributed by atoms with van der Waals surface area (Å²) in [6, 6.07) is 14.8. The number of rotatable bonds is 13. The Kier molecular flexibility index (Phi) is 13.3. The third-order valence-corrected chi connectivity index (χ3v) is 10.9. The van der Waals surface area contributed by atoms with Crippen molar-refractivity contribution < 1.29 is 23.9 Å². The van der Waals surface area contributed by atoms with Crippen molar-refractivity contribution in [1.82, 2.24) is 24.8 Å². The summed E-state index contributed by atoms with van der Waals surface area (Å²) in [4.78, 5) is 58.6. The van der Waals surface area contributed by atoms with Crippen LogP contribution in [0.4, 0.5) is 5.82 Å². The fourth-order valence-electron chi connectivity index (χ4n) is 7.75. The van der Waals surface area contributed by atoms with Gasteiger partial charge in [0, 0.05) is 30.1 Å². The van der Waals surface area contributed by atoms with E-state index in [0.29, 0.717) is 11.6 Å². The minimum atomic E-state index is -0.724. The smallest absolute Gasteiger partial charge is 0.326 e. The molecule has 0 aliphatic heterocycles. The maximum Gasteiger partial charge on any atom is 0.326 e. The molecule has 0 saturated heterocycles. The van der Waals surface area contributed by atoms with Gasteiger partial charge in [-0.15, -0.1) is 0 Å². The van der Waals surface area contributed by atoms with Gasteiger partial charge < -0.3 is 19.7 Å². The third kappa shape index (κ3) is 11.1. The summed E-state index contributed by atoms with van der Waals surface area (Å²) >= 11 is 0. The van der Waals surface area contributed by atoms with Crippen molar-refractivity contribution in [2.75, 3.05) is 19.0 Å². The second kappa shape index (κ2) is 18.5. The Balaban J connectivity index is 1.07. The van der Waals surface area contributed by atoms with E-state index in [9.17, 15) is 14.4 Å². The Labute approximate surface area is 330 Å². The number of esters is 1. The molecular formula is C45H54N6O5. The lowest BCUT2D eigenvalue weighted by Crippen LogP contribution is -2.38. The normalized spacial score (nSPS) is 18.4. The van der Waals surface area contributed by atoms with Gasteiger partial charge in [0.1, 0.15) is 23.6 Å². The number of hydrogen-bond acceptors (Lipinski definition) is 9. The minimum absolute atomic E-state index is 0.0227. The molecule has 0 radical (unpaired) electrons. The van der Waals surface area contributed by atoms with Crippen molar-refractivity contribution in [2.24, 2.45) is 17.8 Å². The molecule has 4 aromatic rings. The van der Waals surface area contributed by atoms with Crippen LogP contribution >= 0.6 is 0 Å². The number of aromatic nitrogens is 4. The van der Waals surface area contributed by atoms with Gasteiger partial charge in [0.25, 0.3) is 5.91 Å². The van der Waals surface area contributed by atoms with Crippen LogP contribution in [0.5, 0.6) is 5.75 Å². The van der Waals surface area contributed by atoms with E-state index < -0.39 is 17.5 Å². The molecule has 0 bridgehead atoms. The van der Waals surface area contributed by atoms with E-state index in [1.165, 1.54) is 61.4 Å². The van der Waals surface area contributed by atoms with E-state index in [0.717, 1.165) is 52.8 Å². The van der Waals surface area contributed by atoms with Crippen molar-refractivity contribution in [2.45, 2.75) is 97.6 Å². The van der Waals surface area contributed by atoms with Gasteiger partial charge in [-0.1, -0.05) is 68.7 Å². The summed E-state index contributed by atoms with van der Waals surface area (Å²) in [5.74, 6) is 2.80. The molecule has 2 heterocycles. The zero-order chi connectivity index (χ0) is 39.7. The predicted molar refractivity (Wildman–Crippen MR) is 216 cm³/mol. The second-order valence-corrected chi connectivity index (χ2v) is 16.1. The number of nitrogens with one attached hydrogen (secondary N) is 1. The number of methoxy groups -OCH3 is 1. The number of carbonyl (C=O) groups excluding carboxylic acids is 3. The fourth-order valence-corrected chi connectivity index (χ4v) is 7.75. The van der Waals surface area contributed by atoms with Crippen molar-refractivity contribution in [3.63, 3.8) is 0 Å². The van der Waals surface area contributed by atoms with Gasteiger partial charge in [-0.05, 0) is 99.5 Å². The lowest BCUT2D eigenvalue weighted by molar-refractivity contribution is -0.155. The molecule has 0 spiro atoms. The number of ether oxygens (including phenoxy) is 2. The molecule has 2 aliphatic carbocycles. The number of anilines is 1. The summed E-state index contributed by atoms with van der Waals surface area (Å²) in [6.45, 7) is 7.49. The summed E-state index contributed by atoms with van der Waals surface area (Å²) < 4.78 is 10.7. The molecule has 1 unspecified atom stereocenters. The number of allylic oxidation sites excluding steroid dienone is 2. The van der Waals surface area contributed by atoms with Gasteiger partial charge in [0.05, 0.1) is 25.9 Å². The standard InChI is InChI=1S/C45H54N6O5/c1-6-30-7-13-33(14-8-30)34-17-19-35(20-18-34)37-24-48-43(49-25-37)36-15-9-32(10-16-36)28-51(29-42(53)56-45(2,3)4)44(54)39-26-47-40(27-46-39)50-41(52)23-31-11-21-38(55-5)22-12-31/h9-12,15-16,19,21-22,24-27,30,33-34H,6-8,13-14,17-18,20,23,28-29H2,1-5H3,(H,47,50,52). The first-order valence-corrected chi connectivity index (χ1v) is 19.8. The number of carbonyl (C=O) groups is 3. The minimum Gasteiger partial charge on any atom is -0.497 e. The summed E-state index contributed by atoms with van der Waals surface area (Å²) in [7, 11) is 1.58. The fraction of sp³-hybridized carbons (Fsp3) is 0.444. The number of benzene rings is 2. The summed E-state index contributed by atoms with van der Waals surface area (Å²) in [5.41, 5.74) is 4.17. The van der Waals surface area contributed by atoms with Crippen LogP contribution in [0.3, 0.4) is 0 Å². The van der Waals surface area contributed by atoms with Crippen molar-refractivity contribution in [1.29, 1.82) is 0 Å². The first-order valence-electron chi connectivity index (χ1n) is 19.8. The van der Waals surface area contributed by atoms with Crippen LogP contribution in [0.1, 0.15) is 106 Å². The molecule has 294 valence electrons. The molecular weight excluding hydrogens is 705 g/mol. The molecule has 11 heteroatoms. The quantitative estimate of drug-likeness (QED) is 0.133. The van der Waals surface area contributed by atoms with Crippen LogP contribution < -0.4 is 10.1 Å². The molecule has 2 aromatic carbocycles. The third-order valence-electron chi connectivity index (χ3n) is 10.9. The number of amides is 2. The average molecular weight is 759 g/mol. The second-order valence-electron chi connectivity index (χ2n) is 16.1. The Hall–Kier alpha value is -5.45. The highest BCUT2D eigenvalue weighted by Gasteiger charge is 2.29. The van der Waals surface area contributed by atoms with Crippen LogP contribution in [0.2, 0.25) is 0 Å². The molecule has 2 aromatic heterocycles. The van der Waals surface area contributed by atoms with Gasteiger partial charge >= 0.3 is 5.97 Å². The maximum absolute atomic E-state index is 13.7. The van der Waals surface area contributed by atoms with Crippen LogP contribution in [0.15, 0.2) is 79.4 Å². The molecule has 2 aliphatic rings. The van der Waals surface area contributed by atoms with Crippen LogP contribution in [0, 0.1) is 17.8 Å². The van der Waals surface area contributed by atoms with Crippen LogP contribution in [0.25, 0.3) is 17.0 Å². The van der Waals surface area contributed by atoms with Crippen molar-refractivity contribution in [3.8, 4) is 17.1 Å². The lowest BCUT2D eigenvalue weighted by Gasteiger charge is -2.35. The molecule has 2 amide bonds. The Bertz CT molecular complexity index is 1960. The first kappa shape index (κ1) is 40.2. The van der Waals surface area contributed by atoms with Gasteiger partial charge in [0.15, 0.2) is 11.6 Å². The predicted octanol–water partition coefficient (Wildman–Crippen LogP) is 8.51. The molecule has 56 heavy (non-hydrogen) atoms. The molecule has 1 saturated carbocycles. The van der Waals surface area contributed by atoms with E-state index in [-0.39, 0.29) is 36.9 Å². The van der Waals surface area contributed by atoms with Crippen LogP contribution in [-0.4, -0.2) is 61.9 Å². The Morgan fingerprint density at radius 1 is 0.804 bits per heavy atom. The largest absolute Gasteiger partial charge is 0.497 e. The summed E-state index contributed by atoms with van der Waals surface area (Å²) in [5, 5.41) is 2.71. The molecule has 1 N–H and O–H groups in total. The van der Waals surface area contributed by atoms with Gasteiger partial charge in [-0.3, -0.25) is 14.4 Å². The van der Waals surface area contributed by atoms with E-state index in [4.69, 9.17) is 19.4 Å². The molecule has 11 nitrogen and oxygen atoms in total. The zero-order valence-corrected chi connectivity index (χ0v) is 33.3. The monoisotopic (exact) mass is 758 g/mol. The lowest BCUT2D eigenvalue weighted by atomic mass is 9.71. The van der Waals surface area contributed by atoms with Gasteiger partial charge in [-0.25, -0.2) is 19.9 Å². The highest BCUT2D eigenvalue weighted by molar-refractivity contribution is 5.95. The highest BCUT2D eigenvalue weighted by Crippen LogP contribution is 2.41.